The molecule has 1 N–H and O–H groups in total. The van der Waals surface area contributed by atoms with Crippen LogP contribution >= 0.6 is 0 Å². The van der Waals surface area contributed by atoms with Gasteiger partial charge in [0, 0.05) is 25.4 Å². The van der Waals surface area contributed by atoms with Crippen LogP contribution in [0.25, 0.3) is 0 Å². The number of rotatable bonds is 19. The smallest absolute Gasteiger partial charge is 0.340 e. The molecule has 1 rings (SSSR count). The van der Waals surface area contributed by atoms with E-state index >= 15 is 0 Å². The van der Waals surface area contributed by atoms with E-state index in [4.69, 9.17) is 9.47 Å². The number of nitrogens with zero attached hydrogens (tertiary/aromatic N) is 1. The fourth-order valence-electron chi connectivity index (χ4n) is 3.32. The van der Waals surface area contributed by atoms with Crippen molar-refractivity contribution in [2.45, 2.75) is 65.2 Å². The third-order valence-corrected chi connectivity index (χ3v) is 5.16. The van der Waals surface area contributed by atoms with E-state index < -0.39 is 5.97 Å². The number of esters is 1. The highest BCUT2D eigenvalue weighted by atomic mass is 16.5. The molecule has 0 spiro atoms. The van der Waals surface area contributed by atoms with Crippen molar-refractivity contribution in [3.05, 3.63) is 49.1 Å². The number of anilines is 2. The second-order valence-corrected chi connectivity index (χ2v) is 7.90. The summed E-state index contributed by atoms with van der Waals surface area (Å²) in [5.74, 6) is -0.578. The van der Waals surface area contributed by atoms with Crippen molar-refractivity contribution < 1.29 is 19.1 Å². The van der Waals surface area contributed by atoms with E-state index in [0.717, 1.165) is 63.6 Å². The quantitative estimate of drug-likeness (QED) is 0.153. The molecule has 0 atom stereocenters. The number of carbonyl (C=O) groups excluding carboxylic acids is 2. The van der Waals surface area contributed by atoms with E-state index in [2.05, 4.69) is 25.4 Å². The van der Waals surface area contributed by atoms with Crippen LogP contribution in [0.15, 0.2) is 43.5 Å². The van der Waals surface area contributed by atoms with E-state index in [9.17, 15) is 9.59 Å². The normalized spacial score (nSPS) is 10.5. The van der Waals surface area contributed by atoms with Crippen LogP contribution < -0.4 is 10.2 Å². The summed E-state index contributed by atoms with van der Waals surface area (Å²) in [6.07, 6.45) is 11.4. The maximum Gasteiger partial charge on any atom is 0.340 e. The van der Waals surface area contributed by atoms with Gasteiger partial charge in [-0.1, -0.05) is 25.5 Å². The highest BCUT2D eigenvalue weighted by Gasteiger charge is 2.23. The molecule has 0 aromatic heterocycles. The number of nitrogens with one attached hydrogen (secondary N) is 1. The Morgan fingerprint density at radius 3 is 2.42 bits per heavy atom. The zero-order chi connectivity index (χ0) is 24.3. The van der Waals surface area contributed by atoms with Crippen molar-refractivity contribution in [3.8, 4) is 0 Å². The SMILES string of the molecule is C=CCCCCNc1ccc(C(=O)OCC)c(N(CCCC)C(=O)COCCCCC=C)c1. The number of carbonyl (C=O) groups is 2. The topological polar surface area (TPSA) is 67.9 Å². The van der Waals surface area contributed by atoms with Crippen molar-refractivity contribution in [2.75, 3.05) is 43.1 Å². The first-order chi connectivity index (χ1) is 16.1. The van der Waals surface area contributed by atoms with E-state index in [0.29, 0.717) is 24.4 Å². The number of allylic oxidation sites excluding steroid dienone is 2. The average molecular weight is 459 g/mol. The Morgan fingerprint density at radius 2 is 1.76 bits per heavy atom. The minimum absolute atomic E-state index is 0.0146. The van der Waals surface area contributed by atoms with Crippen LogP contribution in [0.3, 0.4) is 0 Å². The predicted octanol–water partition coefficient (Wildman–Crippen LogP) is 6.14. The number of amides is 1. The second-order valence-electron chi connectivity index (χ2n) is 7.90. The van der Waals surface area contributed by atoms with Crippen LogP contribution in [0, 0.1) is 0 Å². The van der Waals surface area contributed by atoms with Gasteiger partial charge in [0.25, 0.3) is 5.91 Å². The Morgan fingerprint density at radius 1 is 1.03 bits per heavy atom. The van der Waals surface area contributed by atoms with Gasteiger partial charge in [0.2, 0.25) is 0 Å². The van der Waals surface area contributed by atoms with Gasteiger partial charge in [0.1, 0.15) is 6.61 Å². The molecule has 6 nitrogen and oxygen atoms in total. The molecule has 6 heteroatoms. The lowest BCUT2D eigenvalue weighted by Crippen LogP contribution is -2.36. The van der Waals surface area contributed by atoms with Gasteiger partial charge in [0.15, 0.2) is 0 Å². The van der Waals surface area contributed by atoms with Crippen LogP contribution in [0.1, 0.15) is 75.6 Å². The minimum atomic E-state index is -0.426. The molecule has 0 saturated carbocycles. The molecule has 0 bridgehead atoms. The summed E-state index contributed by atoms with van der Waals surface area (Å²) in [5, 5.41) is 3.40. The molecule has 0 aliphatic carbocycles. The average Bonchev–Trinajstić information content (AvgIpc) is 2.81. The van der Waals surface area contributed by atoms with Gasteiger partial charge < -0.3 is 19.7 Å². The van der Waals surface area contributed by atoms with Gasteiger partial charge in [-0.15, -0.1) is 13.2 Å². The summed E-state index contributed by atoms with van der Waals surface area (Å²) in [5.41, 5.74) is 1.83. The molecular weight excluding hydrogens is 416 g/mol. The monoisotopic (exact) mass is 458 g/mol. The zero-order valence-corrected chi connectivity index (χ0v) is 20.6. The van der Waals surface area contributed by atoms with Crippen LogP contribution in [0.2, 0.25) is 0 Å². The highest BCUT2D eigenvalue weighted by Crippen LogP contribution is 2.27. The summed E-state index contributed by atoms with van der Waals surface area (Å²) < 4.78 is 10.9. The number of unbranched alkanes of at least 4 members (excludes halogenated alkanes) is 5. The van der Waals surface area contributed by atoms with E-state index in [1.54, 1.807) is 17.9 Å². The molecule has 1 aromatic rings. The molecule has 184 valence electrons. The Balaban J connectivity index is 3.02. The lowest BCUT2D eigenvalue weighted by molar-refractivity contribution is -0.123. The molecule has 0 unspecified atom stereocenters. The predicted molar refractivity (Wildman–Crippen MR) is 137 cm³/mol. The van der Waals surface area contributed by atoms with Crippen molar-refractivity contribution in [1.29, 1.82) is 0 Å². The second kappa shape index (κ2) is 17.9. The largest absolute Gasteiger partial charge is 0.462 e. The lowest BCUT2D eigenvalue weighted by atomic mass is 10.1. The van der Waals surface area contributed by atoms with E-state index in [1.165, 1.54) is 0 Å². The van der Waals surface area contributed by atoms with E-state index in [-0.39, 0.29) is 19.1 Å². The first kappa shape index (κ1) is 28.4. The molecule has 1 amide bonds. The summed E-state index contributed by atoms with van der Waals surface area (Å²) >= 11 is 0. The Hall–Kier alpha value is -2.60. The van der Waals surface area contributed by atoms with Gasteiger partial charge in [-0.3, -0.25) is 4.79 Å². The minimum Gasteiger partial charge on any atom is -0.462 e. The third kappa shape index (κ3) is 11.2. The van der Waals surface area contributed by atoms with Gasteiger partial charge in [0.05, 0.1) is 17.9 Å². The molecule has 0 aliphatic rings. The molecule has 0 heterocycles. The molecule has 0 saturated heterocycles. The third-order valence-electron chi connectivity index (χ3n) is 5.16. The molecular formula is C27H42N2O4. The standard InChI is InChI=1S/C27H42N2O4/c1-5-9-12-14-18-28-23-16-17-24(27(31)33-8-4)25(21-23)29(19-11-7-3)26(30)22-32-20-15-13-10-6-2/h5-6,16-17,21,28H,1-2,7-15,18-20,22H2,3-4H3. The molecule has 0 aliphatic heterocycles. The maximum absolute atomic E-state index is 13.1. The van der Waals surface area contributed by atoms with Gasteiger partial charge >= 0.3 is 5.97 Å². The Kier molecular flexibility index (Phi) is 15.4. The lowest BCUT2D eigenvalue weighted by Gasteiger charge is -2.25. The highest BCUT2D eigenvalue weighted by molar-refractivity contribution is 6.03. The number of benzene rings is 1. The number of ether oxygens (including phenoxy) is 2. The zero-order valence-electron chi connectivity index (χ0n) is 20.6. The van der Waals surface area contributed by atoms with Gasteiger partial charge in [-0.05, 0) is 70.1 Å². The Labute approximate surface area is 200 Å². The fraction of sp³-hybridized carbons (Fsp3) is 0.556. The summed E-state index contributed by atoms with van der Waals surface area (Å²) in [4.78, 5) is 27.4. The van der Waals surface area contributed by atoms with Crippen LogP contribution in [-0.4, -0.2) is 44.8 Å². The van der Waals surface area contributed by atoms with Crippen molar-refractivity contribution in [3.63, 3.8) is 0 Å². The summed E-state index contributed by atoms with van der Waals surface area (Å²) in [7, 11) is 0. The van der Waals surface area contributed by atoms with Crippen LogP contribution in [-0.2, 0) is 14.3 Å². The molecule has 0 radical (unpaired) electrons. The van der Waals surface area contributed by atoms with Gasteiger partial charge in [-0.2, -0.15) is 0 Å². The summed E-state index contributed by atoms with van der Waals surface area (Å²) in [6.45, 7) is 13.4. The van der Waals surface area contributed by atoms with Crippen LogP contribution in [0.5, 0.6) is 0 Å². The number of hydrogen-bond acceptors (Lipinski definition) is 5. The molecule has 0 fully saturated rings. The summed E-state index contributed by atoms with van der Waals surface area (Å²) in [6, 6.07) is 5.47. The molecule has 33 heavy (non-hydrogen) atoms. The van der Waals surface area contributed by atoms with Crippen molar-refractivity contribution >= 4 is 23.3 Å². The van der Waals surface area contributed by atoms with Crippen LogP contribution in [0.4, 0.5) is 11.4 Å². The van der Waals surface area contributed by atoms with Crippen molar-refractivity contribution in [1.82, 2.24) is 0 Å². The van der Waals surface area contributed by atoms with E-state index in [1.807, 2.05) is 24.3 Å². The molecule has 1 aromatic carbocycles. The van der Waals surface area contributed by atoms with Crippen molar-refractivity contribution in [2.24, 2.45) is 0 Å². The van der Waals surface area contributed by atoms with Gasteiger partial charge in [-0.25, -0.2) is 4.79 Å². The fourth-order valence-corrected chi connectivity index (χ4v) is 3.32. The number of hydrogen-bond donors (Lipinski definition) is 1. The Bertz CT molecular complexity index is 733. The maximum atomic E-state index is 13.1. The first-order valence-electron chi connectivity index (χ1n) is 12.2. The first-order valence-corrected chi connectivity index (χ1v) is 12.2.